The molecule has 0 aromatic heterocycles. The number of hydrogen-bond acceptors (Lipinski definition) is 5. The second-order valence-electron chi connectivity index (χ2n) is 6.43. The molecule has 0 spiro atoms. The van der Waals surface area contributed by atoms with E-state index >= 15 is 0 Å². The van der Waals surface area contributed by atoms with E-state index in [0.717, 1.165) is 16.7 Å². The zero-order valence-electron chi connectivity index (χ0n) is 15.7. The Morgan fingerprint density at radius 1 is 1.00 bits per heavy atom. The van der Waals surface area contributed by atoms with E-state index in [9.17, 15) is 9.59 Å². The summed E-state index contributed by atoms with van der Waals surface area (Å²) in [5.41, 5.74) is 8.72. The van der Waals surface area contributed by atoms with Gasteiger partial charge in [-0.2, -0.15) is 0 Å². The molecule has 5 N–H and O–H groups in total. The summed E-state index contributed by atoms with van der Waals surface area (Å²) in [7, 11) is 0. The van der Waals surface area contributed by atoms with Crippen molar-refractivity contribution in [3.05, 3.63) is 70.8 Å². The van der Waals surface area contributed by atoms with Crippen molar-refractivity contribution in [1.82, 2.24) is 5.32 Å². The van der Waals surface area contributed by atoms with Crippen molar-refractivity contribution in [2.75, 3.05) is 13.2 Å². The minimum absolute atomic E-state index is 0.115. The van der Waals surface area contributed by atoms with Gasteiger partial charge in [-0.25, -0.2) is 0 Å². The Labute approximate surface area is 164 Å². The van der Waals surface area contributed by atoms with Crippen molar-refractivity contribution in [3.63, 3.8) is 0 Å². The number of aliphatic hydroxyl groups is 2. The van der Waals surface area contributed by atoms with Gasteiger partial charge >= 0.3 is 0 Å². The summed E-state index contributed by atoms with van der Waals surface area (Å²) in [6.07, 6.45) is 0.616. The van der Waals surface area contributed by atoms with E-state index < -0.39 is 30.4 Å². The summed E-state index contributed by atoms with van der Waals surface area (Å²) in [6.45, 7) is 1.03. The lowest BCUT2D eigenvalue weighted by Crippen LogP contribution is -2.52. The van der Waals surface area contributed by atoms with Crippen LogP contribution in [0.15, 0.2) is 48.5 Å². The number of amides is 1. The van der Waals surface area contributed by atoms with Crippen molar-refractivity contribution in [3.8, 4) is 11.8 Å². The summed E-state index contributed by atoms with van der Waals surface area (Å²) in [6, 6.07) is 12.8. The summed E-state index contributed by atoms with van der Waals surface area (Å²) in [5, 5.41) is 20.5. The number of hydrogen-bond donors (Lipinski definition) is 4. The van der Waals surface area contributed by atoms with E-state index in [1.807, 2.05) is 24.3 Å². The van der Waals surface area contributed by atoms with Gasteiger partial charge < -0.3 is 21.3 Å². The molecule has 28 heavy (non-hydrogen) atoms. The minimum atomic E-state index is -0.939. The molecule has 6 nitrogen and oxygen atoms in total. The van der Waals surface area contributed by atoms with Gasteiger partial charge in [0, 0.05) is 29.3 Å². The molecule has 2 rings (SSSR count). The van der Waals surface area contributed by atoms with E-state index in [1.165, 1.54) is 0 Å². The van der Waals surface area contributed by atoms with Gasteiger partial charge in [0.15, 0.2) is 5.78 Å². The molecule has 0 unspecified atom stereocenters. The first-order valence-corrected chi connectivity index (χ1v) is 8.96. The van der Waals surface area contributed by atoms with Crippen LogP contribution in [0.1, 0.15) is 34.0 Å². The first kappa shape index (κ1) is 21.3. The van der Waals surface area contributed by atoms with Gasteiger partial charge in [0.25, 0.3) is 5.91 Å². The van der Waals surface area contributed by atoms with Gasteiger partial charge in [-0.3, -0.25) is 9.59 Å². The van der Waals surface area contributed by atoms with Gasteiger partial charge in [0.05, 0.1) is 0 Å². The molecule has 0 aliphatic rings. The van der Waals surface area contributed by atoms with E-state index in [2.05, 4.69) is 17.2 Å². The predicted octanol–water partition coefficient (Wildman–Crippen LogP) is 0.628. The molecule has 2 aromatic carbocycles. The molecule has 0 saturated heterocycles. The highest BCUT2D eigenvalue weighted by Crippen LogP contribution is 2.07. The number of aliphatic hydroxyl groups excluding tert-OH is 2. The first-order valence-electron chi connectivity index (χ1n) is 8.96. The van der Waals surface area contributed by atoms with Crippen molar-refractivity contribution < 1.29 is 19.8 Å². The Morgan fingerprint density at radius 3 is 2.00 bits per heavy atom. The van der Waals surface area contributed by atoms with Crippen LogP contribution in [0.2, 0.25) is 0 Å². The molecule has 0 aliphatic heterocycles. The van der Waals surface area contributed by atoms with Crippen LogP contribution in [0.5, 0.6) is 0 Å². The van der Waals surface area contributed by atoms with Crippen LogP contribution in [0.3, 0.4) is 0 Å². The van der Waals surface area contributed by atoms with Crippen LogP contribution in [-0.2, 0) is 11.2 Å². The van der Waals surface area contributed by atoms with Gasteiger partial charge in [-0.15, -0.1) is 0 Å². The number of rotatable bonds is 7. The second-order valence-corrected chi connectivity index (χ2v) is 6.43. The monoisotopic (exact) mass is 380 g/mol. The van der Waals surface area contributed by atoms with Crippen LogP contribution in [0.25, 0.3) is 0 Å². The summed E-state index contributed by atoms with van der Waals surface area (Å²) in [5.74, 6) is 5.10. The Bertz CT molecular complexity index is 862. The minimum Gasteiger partial charge on any atom is -0.396 e. The third-order valence-electron chi connectivity index (χ3n) is 4.17. The van der Waals surface area contributed by atoms with Crippen LogP contribution >= 0.6 is 0 Å². The maximum Gasteiger partial charge on any atom is 0.251 e. The Balaban J connectivity index is 2.05. The quantitative estimate of drug-likeness (QED) is 0.526. The van der Waals surface area contributed by atoms with E-state index in [-0.39, 0.29) is 6.61 Å². The van der Waals surface area contributed by atoms with Gasteiger partial charge in [0.1, 0.15) is 12.6 Å². The lowest BCUT2D eigenvalue weighted by Gasteiger charge is -2.20. The Hall–Kier alpha value is -2.98. The summed E-state index contributed by atoms with van der Waals surface area (Å²) in [4.78, 5) is 24.0. The number of nitrogens with two attached hydrogens (primary N) is 1. The number of carbonyl (C=O) groups excluding carboxylic acids is 2. The molecule has 1 amide bonds. The van der Waals surface area contributed by atoms with Crippen molar-refractivity contribution in [2.24, 2.45) is 5.73 Å². The van der Waals surface area contributed by atoms with E-state index in [0.29, 0.717) is 12.0 Å². The Morgan fingerprint density at radius 2 is 1.54 bits per heavy atom. The molecular weight excluding hydrogens is 356 g/mol. The number of benzene rings is 2. The average molecular weight is 380 g/mol. The maximum absolute atomic E-state index is 12.3. The lowest BCUT2D eigenvalue weighted by atomic mass is 10.0. The standard InChI is InChI=1S/C22H24N2O4/c1-15(23)21(20(27)14-26)24-22(28)19-10-8-17(9-11-19)3-2-16-4-6-18(7-5-16)12-13-25/h4-11,15,21,25-26H,12-14,23H2,1H3,(H,24,28)/t15-,21+/m1/s1. The summed E-state index contributed by atoms with van der Waals surface area (Å²) >= 11 is 0. The molecule has 0 fully saturated rings. The van der Waals surface area contributed by atoms with Crippen molar-refractivity contribution >= 4 is 11.7 Å². The highest BCUT2D eigenvalue weighted by Gasteiger charge is 2.24. The van der Waals surface area contributed by atoms with Gasteiger partial charge in [-0.1, -0.05) is 24.0 Å². The molecule has 146 valence electrons. The van der Waals surface area contributed by atoms with Crippen LogP contribution in [0.4, 0.5) is 0 Å². The topological polar surface area (TPSA) is 113 Å². The molecule has 6 heteroatoms. The number of carbonyl (C=O) groups is 2. The van der Waals surface area contributed by atoms with Crippen molar-refractivity contribution in [2.45, 2.75) is 25.4 Å². The first-order chi connectivity index (χ1) is 13.4. The maximum atomic E-state index is 12.3. The highest BCUT2D eigenvalue weighted by atomic mass is 16.3. The predicted molar refractivity (Wildman–Crippen MR) is 107 cm³/mol. The molecule has 0 radical (unpaired) electrons. The number of Topliss-reactive ketones (excluding diaryl/α,β-unsaturated/α-hetero) is 1. The smallest absolute Gasteiger partial charge is 0.251 e. The molecular formula is C22H24N2O4. The second kappa shape index (κ2) is 10.4. The SMILES string of the molecule is C[C@@H](N)[C@H](NC(=O)c1ccc(C#Cc2ccc(CCO)cc2)cc1)C(=O)CO. The van der Waals surface area contributed by atoms with E-state index in [1.54, 1.807) is 31.2 Å². The van der Waals surface area contributed by atoms with Crippen LogP contribution in [-0.4, -0.2) is 47.2 Å². The normalized spacial score (nSPS) is 12.4. The van der Waals surface area contributed by atoms with E-state index in [4.69, 9.17) is 15.9 Å². The average Bonchev–Trinajstić information content (AvgIpc) is 2.71. The number of nitrogens with one attached hydrogen (secondary N) is 1. The zero-order chi connectivity index (χ0) is 20.5. The Kier molecular flexibility index (Phi) is 7.90. The van der Waals surface area contributed by atoms with Crippen molar-refractivity contribution in [1.29, 1.82) is 0 Å². The number of ketones is 1. The van der Waals surface area contributed by atoms with Gasteiger partial charge in [-0.05, 0) is 55.3 Å². The zero-order valence-corrected chi connectivity index (χ0v) is 15.7. The molecule has 2 aromatic rings. The highest BCUT2D eigenvalue weighted by molar-refractivity contribution is 5.98. The third-order valence-corrected chi connectivity index (χ3v) is 4.17. The molecule has 0 saturated carbocycles. The third kappa shape index (κ3) is 6.03. The fourth-order valence-electron chi connectivity index (χ4n) is 2.56. The largest absolute Gasteiger partial charge is 0.396 e. The molecule has 2 atom stereocenters. The molecule has 0 aliphatic carbocycles. The molecule has 0 bridgehead atoms. The van der Waals surface area contributed by atoms with Gasteiger partial charge in [0.2, 0.25) is 0 Å². The lowest BCUT2D eigenvalue weighted by molar-refractivity contribution is -0.123. The van der Waals surface area contributed by atoms with Crippen LogP contribution in [0, 0.1) is 11.8 Å². The molecule has 0 heterocycles. The summed E-state index contributed by atoms with van der Waals surface area (Å²) < 4.78 is 0. The fourth-order valence-corrected chi connectivity index (χ4v) is 2.56. The fraction of sp³-hybridized carbons (Fsp3) is 0.273. The van der Waals surface area contributed by atoms with Crippen LogP contribution < -0.4 is 11.1 Å².